The van der Waals surface area contributed by atoms with Crippen molar-refractivity contribution in [2.45, 2.75) is 18.9 Å². The molecule has 0 unspecified atom stereocenters. The number of imidazole rings is 1. The number of aromatic nitrogens is 5. The van der Waals surface area contributed by atoms with Crippen LogP contribution in [0.1, 0.15) is 18.9 Å². The molecule has 3 aromatic rings. The predicted molar refractivity (Wildman–Crippen MR) is 126 cm³/mol. The van der Waals surface area contributed by atoms with E-state index in [-0.39, 0.29) is 25.3 Å². The van der Waals surface area contributed by atoms with Crippen molar-refractivity contribution in [2.24, 2.45) is 12.8 Å². The Kier molecular flexibility index (Phi) is 5.18. The van der Waals surface area contributed by atoms with Gasteiger partial charge in [-0.1, -0.05) is 0 Å². The van der Waals surface area contributed by atoms with Gasteiger partial charge in [0.2, 0.25) is 10.0 Å². The van der Waals surface area contributed by atoms with Gasteiger partial charge in [0.05, 0.1) is 42.2 Å². The van der Waals surface area contributed by atoms with Gasteiger partial charge in [0.15, 0.2) is 5.65 Å². The highest BCUT2D eigenvalue weighted by atomic mass is 32.2. The first-order chi connectivity index (χ1) is 16.3. The van der Waals surface area contributed by atoms with Crippen LogP contribution in [0.3, 0.4) is 0 Å². The van der Waals surface area contributed by atoms with Gasteiger partial charge in [-0.15, -0.1) is 0 Å². The second kappa shape index (κ2) is 7.96. The van der Waals surface area contributed by atoms with E-state index < -0.39 is 15.6 Å². The number of hydrogen-bond acceptors (Lipinski definition) is 8. The third kappa shape index (κ3) is 3.53. The molecular weight excluding hydrogens is 454 g/mol. The Balaban J connectivity index is 1.48. The summed E-state index contributed by atoms with van der Waals surface area (Å²) in [6, 6.07) is 4.17. The van der Waals surface area contributed by atoms with E-state index in [1.165, 1.54) is 4.31 Å². The summed E-state index contributed by atoms with van der Waals surface area (Å²) in [4.78, 5) is 6.45. The second-order valence-electron chi connectivity index (χ2n) is 8.65. The van der Waals surface area contributed by atoms with Crippen LogP contribution in [0.25, 0.3) is 22.5 Å². The van der Waals surface area contributed by atoms with E-state index in [9.17, 15) is 13.7 Å². The summed E-state index contributed by atoms with van der Waals surface area (Å²) in [5.41, 5.74) is 10.6. The molecule has 176 valence electrons. The number of nitrogens with two attached hydrogens (primary N) is 1. The molecule has 0 aromatic carbocycles. The van der Waals surface area contributed by atoms with Crippen LogP contribution in [-0.4, -0.2) is 72.9 Å². The normalized spacial score (nSPS) is 18.3. The molecule has 0 radical (unpaired) electrons. The van der Waals surface area contributed by atoms with Crippen LogP contribution in [-0.2, 0) is 17.1 Å². The highest BCUT2D eigenvalue weighted by molar-refractivity contribution is 7.89. The predicted octanol–water partition coefficient (Wildman–Crippen LogP) is 0.947. The minimum atomic E-state index is -3.30. The molecule has 0 aliphatic carbocycles. The monoisotopic (exact) mass is 479 g/mol. The van der Waals surface area contributed by atoms with Gasteiger partial charge < -0.3 is 10.6 Å². The smallest absolute Gasteiger partial charge is 0.213 e. The topological polar surface area (TPSA) is 138 Å². The molecule has 2 aliphatic rings. The number of sulfonamides is 1. The third-order valence-electron chi connectivity index (χ3n) is 6.47. The number of nitriles is 1. The average molecular weight is 480 g/mol. The van der Waals surface area contributed by atoms with Crippen molar-refractivity contribution in [1.29, 1.82) is 5.26 Å². The SMILES string of the molecule is CCS(=O)(=O)N1CC(CC#N)(N2C=CC(c3cc(-c4cnn(C)c4)nn4ccnc34)=C(N)C2)C1. The number of hydrogen-bond donors (Lipinski definition) is 1. The molecular formula is C22H25N9O2S. The zero-order chi connectivity index (χ0) is 24.1. The molecule has 2 N–H and O–H groups in total. The summed E-state index contributed by atoms with van der Waals surface area (Å²) < 4.78 is 29.4. The fraction of sp³-hybridized carbons (Fsp3) is 0.364. The van der Waals surface area contributed by atoms with Gasteiger partial charge in [-0.05, 0) is 19.1 Å². The van der Waals surface area contributed by atoms with Crippen molar-refractivity contribution in [3.8, 4) is 17.3 Å². The summed E-state index contributed by atoms with van der Waals surface area (Å²) in [5, 5.41) is 18.3. The number of fused-ring (bicyclic) bond motifs is 1. The van der Waals surface area contributed by atoms with Gasteiger partial charge in [0.1, 0.15) is 0 Å². The molecule has 11 nitrogen and oxygen atoms in total. The molecule has 5 rings (SSSR count). The molecule has 3 aromatic heterocycles. The maximum absolute atomic E-state index is 12.3. The maximum Gasteiger partial charge on any atom is 0.213 e. The third-order valence-corrected chi connectivity index (χ3v) is 8.25. The number of nitrogens with zero attached hydrogens (tertiary/aromatic N) is 8. The molecule has 0 atom stereocenters. The first-order valence-corrected chi connectivity index (χ1v) is 12.5. The molecule has 1 fully saturated rings. The highest BCUT2D eigenvalue weighted by Crippen LogP contribution is 2.37. The lowest BCUT2D eigenvalue weighted by Gasteiger charge is -2.54. The molecule has 0 spiro atoms. The van der Waals surface area contributed by atoms with Crippen molar-refractivity contribution < 1.29 is 8.42 Å². The molecule has 12 heteroatoms. The molecule has 1 saturated heterocycles. The Morgan fingerprint density at radius 2 is 2.12 bits per heavy atom. The van der Waals surface area contributed by atoms with E-state index in [0.29, 0.717) is 17.9 Å². The number of rotatable bonds is 6. The van der Waals surface area contributed by atoms with Crippen LogP contribution in [0.2, 0.25) is 0 Å². The van der Waals surface area contributed by atoms with Crippen molar-refractivity contribution in [3.05, 3.63) is 54.4 Å². The van der Waals surface area contributed by atoms with E-state index in [2.05, 4.69) is 21.3 Å². The molecule has 0 amide bonds. The first-order valence-electron chi connectivity index (χ1n) is 10.9. The largest absolute Gasteiger partial charge is 0.400 e. The van der Waals surface area contributed by atoms with Gasteiger partial charge in [-0.25, -0.2) is 17.9 Å². The van der Waals surface area contributed by atoms with Crippen molar-refractivity contribution >= 4 is 21.2 Å². The maximum atomic E-state index is 12.3. The van der Waals surface area contributed by atoms with Crippen molar-refractivity contribution in [3.63, 3.8) is 0 Å². The standard InChI is InChI=1S/C22H25N9O2S/c1-3-34(32,33)30-14-22(15-30,5-6-23)29-8-4-17(19(24)13-29)18-10-20(16-11-26-28(2)12-16)27-31-9-7-25-21(18)31/h4,7-12H,3,5,13-15,24H2,1-2H3. The first kappa shape index (κ1) is 22.1. The van der Waals surface area contributed by atoms with Gasteiger partial charge in [0.25, 0.3) is 0 Å². The van der Waals surface area contributed by atoms with E-state index >= 15 is 0 Å². The minimum absolute atomic E-state index is 0.0410. The second-order valence-corrected chi connectivity index (χ2v) is 10.9. The fourth-order valence-corrected chi connectivity index (χ4v) is 5.76. The van der Waals surface area contributed by atoms with Crippen LogP contribution >= 0.6 is 0 Å². The van der Waals surface area contributed by atoms with E-state index in [1.54, 1.807) is 34.7 Å². The van der Waals surface area contributed by atoms with Crippen molar-refractivity contribution in [2.75, 3.05) is 25.4 Å². The van der Waals surface area contributed by atoms with Gasteiger partial charge in [-0.2, -0.15) is 19.8 Å². The summed E-state index contributed by atoms with van der Waals surface area (Å²) in [5.74, 6) is 0.0410. The Hall–Kier alpha value is -3.69. The van der Waals surface area contributed by atoms with Crippen molar-refractivity contribution in [1.82, 2.24) is 33.6 Å². The Bertz CT molecular complexity index is 1470. The zero-order valence-electron chi connectivity index (χ0n) is 19.0. The number of allylic oxidation sites excluding steroid dienone is 2. The lowest BCUT2D eigenvalue weighted by Crippen LogP contribution is -2.70. The summed E-state index contributed by atoms with van der Waals surface area (Å²) in [6.07, 6.45) is 11.1. The van der Waals surface area contributed by atoms with Gasteiger partial charge >= 0.3 is 0 Å². The molecule has 0 bridgehead atoms. The summed E-state index contributed by atoms with van der Waals surface area (Å²) in [6.45, 7) is 2.55. The van der Waals surface area contributed by atoms with E-state index in [0.717, 1.165) is 22.4 Å². The lowest BCUT2D eigenvalue weighted by atomic mass is 9.85. The lowest BCUT2D eigenvalue weighted by molar-refractivity contribution is 0.0281. The van der Waals surface area contributed by atoms with Gasteiger partial charge in [0, 0.05) is 67.3 Å². The fourth-order valence-electron chi connectivity index (χ4n) is 4.52. The minimum Gasteiger partial charge on any atom is -0.400 e. The van der Waals surface area contributed by atoms with Crippen LogP contribution in [0.15, 0.2) is 48.8 Å². The number of aryl methyl sites for hydroxylation is 1. The van der Waals surface area contributed by atoms with E-state index in [4.69, 9.17) is 5.73 Å². The Labute approximate surface area is 197 Å². The Morgan fingerprint density at radius 3 is 2.76 bits per heavy atom. The van der Waals surface area contributed by atoms with Crippen LogP contribution in [0.4, 0.5) is 0 Å². The molecule has 34 heavy (non-hydrogen) atoms. The van der Waals surface area contributed by atoms with E-state index in [1.807, 2.05) is 36.5 Å². The zero-order valence-corrected chi connectivity index (χ0v) is 19.8. The summed E-state index contributed by atoms with van der Waals surface area (Å²) in [7, 11) is -1.45. The Morgan fingerprint density at radius 1 is 1.32 bits per heavy atom. The quantitative estimate of drug-likeness (QED) is 0.551. The van der Waals surface area contributed by atoms with Crippen LogP contribution in [0, 0.1) is 11.3 Å². The summed E-state index contributed by atoms with van der Waals surface area (Å²) >= 11 is 0. The average Bonchev–Trinajstić information content (AvgIpc) is 3.44. The van der Waals surface area contributed by atoms with Gasteiger partial charge in [-0.3, -0.25) is 4.68 Å². The highest BCUT2D eigenvalue weighted by Gasteiger charge is 2.51. The molecule has 2 aliphatic heterocycles. The molecule has 0 saturated carbocycles. The molecule has 5 heterocycles. The van der Waals surface area contributed by atoms with Crippen LogP contribution < -0.4 is 5.73 Å². The van der Waals surface area contributed by atoms with Crippen LogP contribution in [0.5, 0.6) is 0 Å².